The Balaban J connectivity index is 2.43. The van der Waals surface area contributed by atoms with Gasteiger partial charge in [-0.05, 0) is 24.6 Å². The molecule has 0 fully saturated rings. The molecule has 0 saturated carbocycles. The normalized spacial score (nSPS) is 16.1. The molecule has 1 aromatic heterocycles. The molecule has 0 spiro atoms. The highest BCUT2D eigenvalue weighted by atomic mass is 16.5. The molecule has 1 aliphatic rings. The monoisotopic (exact) mass is 357 g/mol. The van der Waals surface area contributed by atoms with Crippen LogP contribution in [0, 0.1) is 0 Å². The lowest BCUT2D eigenvalue weighted by atomic mass is 9.82. The predicted molar refractivity (Wildman–Crippen MR) is 95.2 cm³/mol. The molecule has 0 bridgehead atoms. The molecule has 0 unspecified atom stereocenters. The zero-order chi connectivity index (χ0) is 19.2. The summed E-state index contributed by atoms with van der Waals surface area (Å²) in [5.41, 5.74) is 0.514. The number of fused-ring (bicyclic) bond motifs is 1. The Kier molecular flexibility index (Phi) is 4.19. The van der Waals surface area contributed by atoms with Gasteiger partial charge in [0.1, 0.15) is 11.6 Å². The van der Waals surface area contributed by atoms with Gasteiger partial charge in [-0.3, -0.25) is 13.9 Å². The molecule has 0 radical (unpaired) electrons. The van der Waals surface area contributed by atoms with E-state index in [1.165, 1.54) is 30.9 Å². The predicted octanol–water partition coefficient (Wildman–Crippen LogP) is 0.794. The molecule has 8 heteroatoms. The fourth-order valence-corrected chi connectivity index (χ4v) is 3.31. The summed E-state index contributed by atoms with van der Waals surface area (Å²) < 4.78 is 7.22. The lowest BCUT2D eigenvalue weighted by molar-refractivity contribution is -0.136. The summed E-state index contributed by atoms with van der Waals surface area (Å²) in [6.07, 6.45) is 0. The third-order valence-corrected chi connectivity index (χ3v) is 4.60. The van der Waals surface area contributed by atoms with Gasteiger partial charge in [-0.1, -0.05) is 12.1 Å². The van der Waals surface area contributed by atoms with E-state index in [0.717, 1.165) is 4.57 Å². The number of hydrogen-bond donors (Lipinski definition) is 2. The molecule has 0 amide bonds. The first-order chi connectivity index (χ1) is 12.3. The Morgan fingerprint density at radius 2 is 1.92 bits per heavy atom. The number of methoxy groups -OCH3 is 1. The molecular formula is C18H19N3O5. The minimum absolute atomic E-state index is 0.00564. The second-order valence-corrected chi connectivity index (χ2v) is 6.15. The van der Waals surface area contributed by atoms with E-state index < -0.39 is 23.1 Å². The number of phenolic OH excluding ortho intramolecular Hbond substituents is 1. The van der Waals surface area contributed by atoms with Gasteiger partial charge < -0.3 is 15.2 Å². The number of aromatic nitrogens is 2. The molecule has 26 heavy (non-hydrogen) atoms. The number of phenols is 1. The highest BCUT2D eigenvalue weighted by Crippen LogP contribution is 2.40. The van der Waals surface area contributed by atoms with Crippen molar-refractivity contribution >= 4 is 11.8 Å². The topological polar surface area (TPSA) is 103 Å². The molecule has 2 heterocycles. The van der Waals surface area contributed by atoms with E-state index in [4.69, 9.17) is 4.74 Å². The van der Waals surface area contributed by atoms with E-state index in [2.05, 4.69) is 5.32 Å². The van der Waals surface area contributed by atoms with Crippen molar-refractivity contribution < 1.29 is 14.6 Å². The van der Waals surface area contributed by atoms with Crippen molar-refractivity contribution in [2.75, 3.05) is 12.4 Å². The van der Waals surface area contributed by atoms with Crippen molar-refractivity contribution in [1.29, 1.82) is 0 Å². The van der Waals surface area contributed by atoms with Crippen molar-refractivity contribution in [3.8, 4) is 5.75 Å². The summed E-state index contributed by atoms with van der Waals surface area (Å²) in [5, 5.41) is 12.9. The number of carbonyl (C=O) groups is 1. The average molecular weight is 357 g/mol. The van der Waals surface area contributed by atoms with Crippen LogP contribution in [0.15, 0.2) is 45.1 Å². The van der Waals surface area contributed by atoms with E-state index in [1.54, 1.807) is 26.1 Å². The Bertz CT molecular complexity index is 1060. The molecule has 1 atom stereocenters. The van der Waals surface area contributed by atoms with E-state index in [0.29, 0.717) is 17.1 Å². The Morgan fingerprint density at radius 1 is 1.23 bits per heavy atom. The molecule has 8 nitrogen and oxygen atoms in total. The smallest absolute Gasteiger partial charge is 0.336 e. The number of rotatable bonds is 2. The second kappa shape index (κ2) is 6.21. The number of anilines is 1. The first kappa shape index (κ1) is 17.5. The minimum Gasteiger partial charge on any atom is -0.508 e. The van der Waals surface area contributed by atoms with E-state index in [-0.39, 0.29) is 16.9 Å². The number of ether oxygens (including phenoxy) is 1. The number of benzene rings is 1. The number of nitrogens with zero attached hydrogens (tertiary/aromatic N) is 2. The van der Waals surface area contributed by atoms with Gasteiger partial charge >= 0.3 is 11.7 Å². The highest BCUT2D eigenvalue weighted by Gasteiger charge is 2.37. The highest BCUT2D eigenvalue weighted by molar-refractivity contribution is 5.94. The maximum absolute atomic E-state index is 12.9. The quantitative estimate of drug-likeness (QED) is 0.771. The van der Waals surface area contributed by atoms with Crippen LogP contribution in [0.1, 0.15) is 24.0 Å². The Labute approximate surface area is 149 Å². The van der Waals surface area contributed by atoms with Crippen molar-refractivity contribution in [2.24, 2.45) is 14.1 Å². The Hall–Kier alpha value is -3.29. The number of allylic oxidation sites excluding steroid dienone is 1. The van der Waals surface area contributed by atoms with Crippen LogP contribution < -0.4 is 16.6 Å². The second-order valence-electron chi connectivity index (χ2n) is 6.15. The molecule has 1 aromatic carbocycles. The molecule has 136 valence electrons. The maximum atomic E-state index is 12.9. The van der Waals surface area contributed by atoms with Gasteiger partial charge in [0, 0.05) is 19.8 Å². The maximum Gasteiger partial charge on any atom is 0.336 e. The van der Waals surface area contributed by atoms with Crippen molar-refractivity contribution in [1.82, 2.24) is 9.13 Å². The Morgan fingerprint density at radius 3 is 2.54 bits per heavy atom. The summed E-state index contributed by atoms with van der Waals surface area (Å²) in [6, 6.07) is 6.32. The van der Waals surface area contributed by atoms with Crippen LogP contribution in [0.25, 0.3) is 0 Å². The fourth-order valence-electron chi connectivity index (χ4n) is 3.31. The van der Waals surface area contributed by atoms with Crippen LogP contribution in [0.3, 0.4) is 0 Å². The minimum atomic E-state index is -0.781. The summed E-state index contributed by atoms with van der Waals surface area (Å²) in [7, 11) is 4.19. The first-order valence-corrected chi connectivity index (χ1v) is 7.92. The molecular weight excluding hydrogens is 338 g/mol. The number of nitrogens with one attached hydrogen (secondary N) is 1. The molecule has 3 rings (SSSR count). The summed E-state index contributed by atoms with van der Waals surface area (Å²) in [5.74, 6) is -1.05. The fraction of sp³-hybridized carbons (Fsp3) is 0.278. The van der Waals surface area contributed by atoms with Crippen LogP contribution >= 0.6 is 0 Å². The van der Waals surface area contributed by atoms with Gasteiger partial charge in [0.05, 0.1) is 24.2 Å². The third kappa shape index (κ3) is 2.50. The van der Waals surface area contributed by atoms with E-state index in [1.807, 2.05) is 0 Å². The van der Waals surface area contributed by atoms with Crippen LogP contribution in [0.2, 0.25) is 0 Å². The largest absolute Gasteiger partial charge is 0.508 e. The van der Waals surface area contributed by atoms with Crippen LogP contribution in [0.4, 0.5) is 5.82 Å². The first-order valence-electron chi connectivity index (χ1n) is 7.92. The molecule has 2 aromatic rings. The number of aromatic hydroxyl groups is 1. The van der Waals surface area contributed by atoms with Gasteiger partial charge in [-0.2, -0.15) is 0 Å². The molecule has 1 aliphatic heterocycles. The van der Waals surface area contributed by atoms with Crippen LogP contribution in [-0.2, 0) is 23.6 Å². The zero-order valence-corrected chi connectivity index (χ0v) is 14.9. The number of hydrogen-bond acceptors (Lipinski definition) is 6. The van der Waals surface area contributed by atoms with Gasteiger partial charge in [-0.25, -0.2) is 9.59 Å². The van der Waals surface area contributed by atoms with Crippen molar-refractivity contribution in [3.05, 3.63) is 67.5 Å². The lowest BCUT2D eigenvalue weighted by Crippen LogP contribution is -2.43. The number of esters is 1. The third-order valence-electron chi connectivity index (χ3n) is 4.60. The molecule has 0 saturated heterocycles. The SMILES string of the molecule is COC(=O)C1=C(C)Nc2c(c(=O)n(C)c(=O)n2C)[C@@H]1c1cccc(O)c1. The molecule has 0 aliphatic carbocycles. The van der Waals surface area contributed by atoms with E-state index in [9.17, 15) is 19.5 Å². The van der Waals surface area contributed by atoms with Crippen LogP contribution in [0.5, 0.6) is 5.75 Å². The summed E-state index contributed by atoms with van der Waals surface area (Å²) in [4.78, 5) is 37.6. The van der Waals surface area contributed by atoms with Crippen molar-refractivity contribution in [3.63, 3.8) is 0 Å². The molecule has 2 N–H and O–H groups in total. The van der Waals surface area contributed by atoms with Crippen molar-refractivity contribution in [2.45, 2.75) is 12.8 Å². The summed E-state index contributed by atoms with van der Waals surface area (Å²) in [6.45, 7) is 1.67. The standard InChI is InChI=1S/C18H19N3O5/c1-9-12(17(24)26-4)13(10-6-5-7-11(22)8-10)14-15(19-9)20(2)18(25)21(3)16(14)23/h5-8,13,19,22H,1-4H3/t13-/m1/s1. The van der Waals surface area contributed by atoms with Gasteiger partial charge in [-0.15, -0.1) is 0 Å². The lowest BCUT2D eigenvalue weighted by Gasteiger charge is -2.30. The van der Waals surface area contributed by atoms with E-state index >= 15 is 0 Å². The van der Waals surface area contributed by atoms with Gasteiger partial charge in [0.15, 0.2) is 0 Å². The van der Waals surface area contributed by atoms with Gasteiger partial charge in [0.2, 0.25) is 0 Å². The zero-order valence-electron chi connectivity index (χ0n) is 14.9. The van der Waals surface area contributed by atoms with Gasteiger partial charge in [0.25, 0.3) is 5.56 Å². The van der Waals surface area contributed by atoms with Crippen LogP contribution in [-0.4, -0.2) is 27.3 Å². The number of carbonyl (C=O) groups excluding carboxylic acids is 1. The summed E-state index contributed by atoms with van der Waals surface area (Å²) >= 11 is 0. The average Bonchev–Trinajstić information content (AvgIpc) is 2.63.